The third-order valence-electron chi connectivity index (χ3n) is 4.66. The second kappa shape index (κ2) is 6.37. The van der Waals surface area contributed by atoms with Crippen LogP contribution in [-0.2, 0) is 9.59 Å². The van der Waals surface area contributed by atoms with Crippen LogP contribution >= 0.6 is 0 Å². The molecule has 5 heteroatoms. The van der Waals surface area contributed by atoms with Gasteiger partial charge in [-0.15, -0.1) is 0 Å². The molecule has 0 aromatic carbocycles. The molecule has 2 aliphatic rings. The lowest BCUT2D eigenvalue weighted by molar-refractivity contribution is -0.140. The summed E-state index contributed by atoms with van der Waals surface area (Å²) in [6.07, 6.45) is 5.70. The number of amides is 2. The smallest absolute Gasteiger partial charge is 0.225 e. The van der Waals surface area contributed by atoms with Gasteiger partial charge in [0.05, 0.1) is 5.92 Å². The van der Waals surface area contributed by atoms with Crippen LogP contribution in [0.25, 0.3) is 0 Å². The Morgan fingerprint density at radius 1 is 1.05 bits per heavy atom. The number of primary amides is 1. The number of hydrogen-bond donors (Lipinski definition) is 2. The highest BCUT2D eigenvalue weighted by Crippen LogP contribution is 2.30. The zero-order valence-corrected chi connectivity index (χ0v) is 11.5. The Morgan fingerprint density at radius 3 is 2.32 bits per heavy atom. The molecule has 2 amide bonds. The number of piperidine rings is 1. The SMILES string of the molecule is NCC1CCC(C(=O)N2CCCC(C(N)=O)C2)CC1. The maximum Gasteiger partial charge on any atom is 0.225 e. The molecule has 1 saturated heterocycles. The standard InChI is InChI=1S/C14H25N3O2/c15-8-10-3-5-11(6-4-10)14(19)17-7-1-2-12(9-17)13(16)18/h10-12H,1-9,15H2,(H2,16,18). The first-order chi connectivity index (χ1) is 9.11. The van der Waals surface area contributed by atoms with Crippen molar-refractivity contribution in [3.8, 4) is 0 Å². The van der Waals surface area contributed by atoms with Crippen molar-refractivity contribution < 1.29 is 9.59 Å². The van der Waals surface area contributed by atoms with E-state index >= 15 is 0 Å². The van der Waals surface area contributed by atoms with E-state index in [1.165, 1.54) is 0 Å². The van der Waals surface area contributed by atoms with E-state index in [2.05, 4.69) is 0 Å². The monoisotopic (exact) mass is 267 g/mol. The minimum atomic E-state index is -0.274. The van der Waals surface area contributed by atoms with E-state index in [1.807, 2.05) is 4.90 Å². The predicted molar refractivity (Wildman–Crippen MR) is 73.0 cm³/mol. The van der Waals surface area contributed by atoms with Gasteiger partial charge in [0.2, 0.25) is 11.8 Å². The molecule has 0 aromatic rings. The fraction of sp³-hybridized carbons (Fsp3) is 0.857. The average molecular weight is 267 g/mol. The molecule has 0 aromatic heterocycles. The molecule has 1 aliphatic heterocycles. The van der Waals surface area contributed by atoms with Crippen LogP contribution in [0, 0.1) is 17.8 Å². The molecule has 1 saturated carbocycles. The van der Waals surface area contributed by atoms with Crippen LogP contribution < -0.4 is 11.5 Å². The Balaban J connectivity index is 1.87. The molecule has 0 bridgehead atoms. The van der Waals surface area contributed by atoms with Crippen molar-refractivity contribution in [3.05, 3.63) is 0 Å². The fourth-order valence-electron chi connectivity index (χ4n) is 3.31. The molecule has 0 radical (unpaired) electrons. The highest BCUT2D eigenvalue weighted by Gasteiger charge is 2.32. The summed E-state index contributed by atoms with van der Waals surface area (Å²) in [6.45, 7) is 2.03. The summed E-state index contributed by atoms with van der Waals surface area (Å²) in [5, 5.41) is 0. The van der Waals surface area contributed by atoms with Gasteiger partial charge >= 0.3 is 0 Å². The fourth-order valence-corrected chi connectivity index (χ4v) is 3.31. The van der Waals surface area contributed by atoms with Crippen LogP contribution in [0.4, 0.5) is 0 Å². The molecule has 4 N–H and O–H groups in total. The van der Waals surface area contributed by atoms with Gasteiger partial charge in [0, 0.05) is 19.0 Å². The number of likely N-dealkylation sites (tertiary alicyclic amines) is 1. The van der Waals surface area contributed by atoms with Crippen LogP contribution in [0.5, 0.6) is 0 Å². The normalized spacial score (nSPS) is 32.1. The van der Waals surface area contributed by atoms with Crippen molar-refractivity contribution in [1.29, 1.82) is 0 Å². The van der Waals surface area contributed by atoms with Gasteiger partial charge in [-0.3, -0.25) is 9.59 Å². The van der Waals surface area contributed by atoms with Gasteiger partial charge in [-0.2, -0.15) is 0 Å². The van der Waals surface area contributed by atoms with Gasteiger partial charge in [0.1, 0.15) is 0 Å². The quantitative estimate of drug-likeness (QED) is 0.779. The molecule has 1 atom stereocenters. The molecular weight excluding hydrogens is 242 g/mol. The van der Waals surface area contributed by atoms with Crippen LogP contribution in [0.3, 0.4) is 0 Å². The lowest BCUT2D eigenvalue weighted by Gasteiger charge is -2.36. The Hall–Kier alpha value is -1.10. The topological polar surface area (TPSA) is 89.4 Å². The molecule has 108 valence electrons. The number of rotatable bonds is 3. The Labute approximate surface area is 114 Å². The predicted octanol–water partition coefficient (Wildman–Crippen LogP) is 0.475. The van der Waals surface area contributed by atoms with E-state index < -0.39 is 0 Å². The molecule has 1 unspecified atom stereocenters. The van der Waals surface area contributed by atoms with Crippen LogP contribution in [0.15, 0.2) is 0 Å². The van der Waals surface area contributed by atoms with E-state index in [0.29, 0.717) is 12.5 Å². The minimum absolute atomic E-state index is 0.134. The minimum Gasteiger partial charge on any atom is -0.369 e. The van der Waals surface area contributed by atoms with Crippen molar-refractivity contribution >= 4 is 11.8 Å². The first-order valence-corrected chi connectivity index (χ1v) is 7.40. The van der Waals surface area contributed by atoms with Crippen molar-refractivity contribution in [2.75, 3.05) is 19.6 Å². The van der Waals surface area contributed by atoms with Crippen molar-refractivity contribution in [2.24, 2.45) is 29.2 Å². The maximum atomic E-state index is 12.5. The number of nitrogens with two attached hydrogens (primary N) is 2. The van der Waals surface area contributed by atoms with Gasteiger partial charge in [-0.1, -0.05) is 0 Å². The highest BCUT2D eigenvalue weighted by molar-refractivity contribution is 5.81. The van der Waals surface area contributed by atoms with Gasteiger partial charge < -0.3 is 16.4 Å². The van der Waals surface area contributed by atoms with Crippen LogP contribution in [0.1, 0.15) is 38.5 Å². The molecule has 0 spiro atoms. The summed E-state index contributed by atoms with van der Waals surface area (Å²) >= 11 is 0. The lowest BCUT2D eigenvalue weighted by atomic mass is 9.81. The summed E-state index contributed by atoms with van der Waals surface area (Å²) in [4.78, 5) is 25.6. The first kappa shape index (κ1) is 14.3. The van der Waals surface area contributed by atoms with Gasteiger partial charge in [-0.05, 0) is 51.0 Å². The number of nitrogens with zero attached hydrogens (tertiary/aromatic N) is 1. The van der Waals surface area contributed by atoms with E-state index in [1.54, 1.807) is 0 Å². The maximum absolute atomic E-state index is 12.5. The third kappa shape index (κ3) is 3.47. The third-order valence-corrected chi connectivity index (χ3v) is 4.66. The Morgan fingerprint density at radius 2 is 1.74 bits per heavy atom. The average Bonchev–Trinajstić information content (AvgIpc) is 2.46. The van der Waals surface area contributed by atoms with Crippen LogP contribution in [0.2, 0.25) is 0 Å². The number of hydrogen-bond acceptors (Lipinski definition) is 3. The van der Waals surface area contributed by atoms with Gasteiger partial charge in [0.15, 0.2) is 0 Å². The Bertz CT molecular complexity index is 338. The summed E-state index contributed by atoms with van der Waals surface area (Å²) in [6, 6.07) is 0. The molecule has 2 rings (SSSR count). The van der Waals surface area contributed by atoms with Crippen molar-refractivity contribution in [2.45, 2.75) is 38.5 Å². The zero-order chi connectivity index (χ0) is 13.8. The second-order valence-corrected chi connectivity index (χ2v) is 5.98. The van der Waals surface area contributed by atoms with Crippen molar-refractivity contribution in [3.63, 3.8) is 0 Å². The van der Waals surface area contributed by atoms with Gasteiger partial charge in [-0.25, -0.2) is 0 Å². The summed E-state index contributed by atoms with van der Waals surface area (Å²) in [5.74, 6) is 0.516. The lowest BCUT2D eigenvalue weighted by Crippen LogP contribution is -2.46. The number of carbonyl (C=O) groups is 2. The zero-order valence-electron chi connectivity index (χ0n) is 11.5. The van der Waals surface area contributed by atoms with E-state index in [9.17, 15) is 9.59 Å². The molecule has 19 heavy (non-hydrogen) atoms. The van der Waals surface area contributed by atoms with Gasteiger partial charge in [0.25, 0.3) is 0 Å². The summed E-state index contributed by atoms with van der Waals surface area (Å²) in [7, 11) is 0. The molecular formula is C14H25N3O2. The largest absolute Gasteiger partial charge is 0.369 e. The molecule has 5 nitrogen and oxygen atoms in total. The molecule has 1 heterocycles. The van der Waals surface area contributed by atoms with Crippen LogP contribution in [-0.4, -0.2) is 36.3 Å². The molecule has 2 fully saturated rings. The number of carbonyl (C=O) groups excluding carboxylic acids is 2. The van der Waals surface area contributed by atoms with E-state index in [-0.39, 0.29) is 23.7 Å². The Kier molecular flexibility index (Phi) is 4.80. The van der Waals surface area contributed by atoms with E-state index in [4.69, 9.17) is 11.5 Å². The first-order valence-electron chi connectivity index (χ1n) is 7.40. The summed E-state index contributed by atoms with van der Waals surface area (Å²) in [5.41, 5.74) is 11.0. The van der Waals surface area contributed by atoms with Crippen molar-refractivity contribution in [1.82, 2.24) is 4.90 Å². The highest BCUT2D eigenvalue weighted by atomic mass is 16.2. The second-order valence-electron chi connectivity index (χ2n) is 5.98. The summed E-state index contributed by atoms with van der Waals surface area (Å²) < 4.78 is 0. The molecule has 1 aliphatic carbocycles. The van der Waals surface area contributed by atoms with E-state index in [0.717, 1.165) is 51.6 Å².